The third-order valence-corrected chi connectivity index (χ3v) is 5.83. The number of hydrogen-bond donors (Lipinski definition) is 3. The molecule has 3 nitrogen and oxygen atoms in total. The van der Waals surface area contributed by atoms with Crippen LogP contribution in [-0.2, 0) is 0 Å². The topological polar surface area (TPSA) is 58.3 Å². The lowest BCUT2D eigenvalue weighted by Gasteiger charge is -2.33. The van der Waals surface area contributed by atoms with Crippen molar-refractivity contribution in [2.45, 2.75) is 75.6 Å². The van der Waals surface area contributed by atoms with Gasteiger partial charge in [-0.2, -0.15) is 0 Å². The fourth-order valence-electron chi connectivity index (χ4n) is 4.18. The summed E-state index contributed by atoms with van der Waals surface area (Å²) in [6.07, 6.45) is 8.95. The van der Waals surface area contributed by atoms with Crippen LogP contribution in [0.5, 0.6) is 0 Å². The summed E-state index contributed by atoms with van der Waals surface area (Å²) in [5.41, 5.74) is 9.01. The van der Waals surface area contributed by atoms with Crippen molar-refractivity contribution in [2.75, 3.05) is 0 Å². The number of hydrogen-bond acceptors (Lipinski definition) is 3. The highest BCUT2D eigenvalue weighted by Gasteiger charge is 2.27. The first kappa shape index (κ1) is 20.1. The summed E-state index contributed by atoms with van der Waals surface area (Å²) >= 11 is 0. The van der Waals surface area contributed by atoms with E-state index in [4.69, 9.17) is 5.73 Å². The lowest BCUT2D eigenvalue weighted by atomic mass is 9.90. The number of aliphatic hydroxyl groups is 1. The van der Waals surface area contributed by atoms with Gasteiger partial charge in [0.15, 0.2) is 0 Å². The number of benzene rings is 2. The second-order valence-corrected chi connectivity index (χ2v) is 7.86. The van der Waals surface area contributed by atoms with Crippen LogP contribution in [-0.4, -0.2) is 17.3 Å². The highest BCUT2D eigenvalue weighted by molar-refractivity contribution is 5.27. The van der Waals surface area contributed by atoms with Crippen molar-refractivity contribution in [2.24, 2.45) is 5.73 Å². The first-order valence-corrected chi connectivity index (χ1v) is 10.6. The number of rotatable bonds is 5. The van der Waals surface area contributed by atoms with Crippen molar-refractivity contribution in [3.8, 4) is 0 Å². The minimum absolute atomic E-state index is 0.0174. The van der Waals surface area contributed by atoms with Crippen LogP contribution in [0.15, 0.2) is 60.7 Å². The van der Waals surface area contributed by atoms with E-state index in [1.807, 2.05) is 24.3 Å². The summed E-state index contributed by atoms with van der Waals surface area (Å²) in [6, 6.07) is 20.6. The SMILES string of the molecule is N[C@H](c1ccccc1)[C@H](NC1CCCCCCCCC1O)c1ccccc1. The third kappa shape index (κ3) is 5.90. The quantitative estimate of drug-likeness (QED) is 0.707. The molecule has 0 spiro atoms. The Kier molecular flexibility index (Phi) is 7.88. The zero-order valence-electron chi connectivity index (χ0n) is 16.3. The lowest BCUT2D eigenvalue weighted by Crippen LogP contribution is -2.45. The van der Waals surface area contributed by atoms with Crippen LogP contribution in [0.3, 0.4) is 0 Å². The van der Waals surface area contributed by atoms with E-state index < -0.39 is 0 Å². The van der Waals surface area contributed by atoms with Gasteiger partial charge < -0.3 is 16.2 Å². The first-order valence-electron chi connectivity index (χ1n) is 10.6. The molecule has 2 aromatic rings. The zero-order valence-corrected chi connectivity index (χ0v) is 16.3. The summed E-state index contributed by atoms with van der Waals surface area (Å²) in [5.74, 6) is 0. The van der Waals surface area contributed by atoms with Gasteiger partial charge >= 0.3 is 0 Å². The Labute approximate surface area is 164 Å². The van der Waals surface area contributed by atoms with E-state index in [-0.39, 0.29) is 24.2 Å². The molecule has 4 N–H and O–H groups in total. The maximum atomic E-state index is 10.8. The van der Waals surface area contributed by atoms with Gasteiger partial charge in [-0.25, -0.2) is 0 Å². The molecule has 0 saturated heterocycles. The van der Waals surface area contributed by atoms with Gasteiger partial charge in [-0.1, -0.05) is 99.2 Å². The molecule has 0 heterocycles. The van der Waals surface area contributed by atoms with Crippen molar-refractivity contribution >= 4 is 0 Å². The summed E-state index contributed by atoms with van der Waals surface area (Å²) in [6.45, 7) is 0. The summed E-state index contributed by atoms with van der Waals surface area (Å²) in [5, 5.41) is 14.6. The molecule has 2 unspecified atom stereocenters. The van der Waals surface area contributed by atoms with E-state index in [1.54, 1.807) is 0 Å². The normalized spacial score (nSPS) is 24.1. The molecule has 2 aromatic carbocycles. The minimum atomic E-state index is -0.308. The molecule has 146 valence electrons. The van der Waals surface area contributed by atoms with Crippen LogP contribution in [0, 0.1) is 0 Å². The number of aliphatic hydroxyl groups excluding tert-OH is 1. The molecule has 1 aliphatic carbocycles. The van der Waals surface area contributed by atoms with Crippen LogP contribution in [0.2, 0.25) is 0 Å². The van der Waals surface area contributed by atoms with E-state index in [1.165, 1.54) is 31.2 Å². The highest BCUT2D eigenvalue weighted by atomic mass is 16.3. The summed E-state index contributed by atoms with van der Waals surface area (Å²) in [7, 11) is 0. The molecule has 27 heavy (non-hydrogen) atoms. The standard InChI is InChI=1S/C24H34N2O/c25-23(19-13-7-5-8-14-19)24(20-15-9-6-10-16-20)26-21-17-11-3-1-2-4-12-18-22(21)27/h5-10,13-16,21-24,26-27H,1-4,11-12,17-18,25H2/t21?,22?,23-,24-/m1/s1. The van der Waals surface area contributed by atoms with E-state index in [0.717, 1.165) is 31.2 Å². The molecular formula is C24H34N2O. The van der Waals surface area contributed by atoms with Gasteiger partial charge in [0.2, 0.25) is 0 Å². The van der Waals surface area contributed by atoms with Crippen molar-refractivity contribution in [3.05, 3.63) is 71.8 Å². The number of nitrogens with two attached hydrogens (primary N) is 1. The van der Waals surface area contributed by atoms with Gasteiger partial charge in [0.25, 0.3) is 0 Å². The Morgan fingerprint density at radius 2 is 1.26 bits per heavy atom. The molecule has 3 heteroatoms. The Hall–Kier alpha value is -1.68. The molecule has 1 aliphatic rings. The summed E-state index contributed by atoms with van der Waals surface area (Å²) in [4.78, 5) is 0. The van der Waals surface area contributed by atoms with E-state index in [2.05, 4.69) is 41.7 Å². The van der Waals surface area contributed by atoms with Crippen LogP contribution < -0.4 is 11.1 Å². The minimum Gasteiger partial charge on any atom is -0.392 e. The molecule has 0 bridgehead atoms. The largest absolute Gasteiger partial charge is 0.392 e. The lowest BCUT2D eigenvalue weighted by molar-refractivity contribution is 0.0988. The first-order chi connectivity index (χ1) is 13.3. The van der Waals surface area contributed by atoms with Crippen LogP contribution in [0.1, 0.15) is 74.6 Å². The van der Waals surface area contributed by atoms with Crippen LogP contribution in [0.25, 0.3) is 0 Å². The third-order valence-electron chi connectivity index (χ3n) is 5.83. The fourth-order valence-corrected chi connectivity index (χ4v) is 4.18. The molecule has 1 fully saturated rings. The van der Waals surface area contributed by atoms with Gasteiger partial charge in [0.05, 0.1) is 12.1 Å². The average molecular weight is 367 g/mol. The van der Waals surface area contributed by atoms with Gasteiger partial charge in [0, 0.05) is 12.1 Å². The van der Waals surface area contributed by atoms with Crippen LogP contribution >= 0.6 is 0 Å². The van der Waals surface area contributed by atoms with Crippen LogP contribution in [0.4, 0.5) is 0 Å². The molecule has 1 saturated carbocycles. The predicted octanol–water partition coefficient (Wildman–Crippen LogP) is 4.88. The Bertz CT molecular complexity index is 646. The Morgan fingerprint density at radius 3 is 1.89 bits per heavy atom. The van der Waals surface area contributed by atoms with Crippen molar-refractivity contribution in [3.63, 3.8) is 0 Å². The van der Waals surface area contributed by atoms with E-state index in [9.17, 15) is 5.11 Å². The van der Waals surface area contributed by atoms with E-state index in [0.29, 0.717) is 0 Å². The van der Waals surface area contributed by atoms with Crippen molar-refractivity contribution in [1.82, 2.24) is 5.32 Å². The second-order valence-electron chi connectivity index (χ2n) is 7.86. The monoisotopic (exact) mass is 366 g/mol. The average Bonchev–Trinajstić information content (AvgIpc) is 2.73. The Balaban J connectivity index is 1.81. The molecule has 0 aromatic heterocycles. The number of nitrogens with one attached hydrogen (secondary N) is 1. The van der Waals surface area contributed by atoms with Gasteiger partial charge in [-0.3, -0.25) is 0 Å². The molecule has 0 amide bonds. The smallest absolute Gasteiger partial charge is 0.0693 e. The van der Waals surface area contributed by atoms with Crippen molar-refractivity contribution in [1.29, 1.82) is 0 Å². The van der Waals surface area contributed by atoms with Gasteiger partial charge in [-0.15, -0.1) is 0 Å². The second kappa shape index (κ2) is 10.6. The maximum Gasteiger partial charge on any atom is 0.0693 e. The van der Waals surface area contributed by atoms with Crippen molar-refractivity contribution < 1.29 is 5.11 Å². The molecule has 4 atom stereocenters. The molecule has 3 rings (SSSR count). The van der Waals surface area contributed by atoms with Gasteiger partial charge in [0.1, 0.15) is 0 Å². The molecular weight excluding hydrogens is 332 g/mol. The zero-order chi connectivity index (χ0) is 18.9. The fraction of sp³-hybridized carbons (Fsp3) is 0.500. The van der Waals surface area contributed by atoms with Gasteiger partial charge in [-0.05, 0) is 24.0 Å². The highest BCUT2D eigenvalue weighted by Crippen LogP contribution is 2.29. The van der Waals surface area contributed by atoms with E-state index >= 15 is 0 Å². The predicted molar refractivity (Wildman–Crippen MR) is 112 cm³/mol. The Morgan fingerprint density at radius 1 is 0.741 bits per heavy atom. The molecule has 0 radical (unpaired) electrons. The molecule has 0 aliphatic heterocycles. The summed E-state index contributed by atoms with van der Waals surface area (Å²) < 4.78 is 0. The maximum absolute atomic E-state index is 10.8.